The number of amides is 2. The Morgan fingerprint density at radius 3 is 2.38 bits per heavy atom. The van der Waals surface area contributed by atoms with Crippen molar-refractivity contribution in [3.8, 4) is 0 Å². The van der Waals surface area contributed by atoms with E-state index in [9.17, 15) is 14.0 Å². The van der Waals surface area contributed by atoms with E-state index >= 15 is 0 Å². The molecule has 2 N–H and O–H groups in total. The number of rotatable bonds is 5. The molecule has 0 aromatic heterocycles. The highest BCUT2D eigenvalue weighted by Gasteiger charge is 2.16. The number of nitrogens with one attached hydrogen (secondary N) is 2. The zero-order chi connectivity index (χ0) is 15.1. The zero-order valence-corrected chi connectivity index (χ0v) is 11.9. The maximum Gasteiger partial charge on any atom is 0.238 e. The number of likely N-dealkylation sites (tertiary alicyclic amines) is 1. The lowest BCUT2D eigenvalue weighted by atomic mass is 10.1. The molecule has 0 saturated carbocycles. The second-order valence-corrected chi connectivity index (χ2v) is 5.10. The Bertz CT molecular complexity index is 484. The van der Waals surface area contributed by atoms with Crippen LogP contribution in [0, 0.1) is 5.82 Å². The van der Waals surface area contributed by atoms with Crippen molar-refractivity contribution in [2.75, 3.05) is 31.5 Å². The Balaban J connectivity index is 1.66. The summed E-state index contributed by atoms with van der Waals surface area (Å²) in [6.45, 7) is 1.83. The van der Waals surface area contributed by atoms with Crippen molar-refractivity contribution < 1.29 is 14.0 Å². The highest BCUT2D eigenvalue weighted by molar-refractivity contribution is 5.92. The van der Waals surface area contributed by atoms with E-state index in [-0.39, 0.29) is 30.7 Å². The minimum atomic E-state index is -0.349. The molecule has 5 nitrogen and oxygen atoms in total. The van der Waals surface area contributed by atoms with Crippen molar-refractivity contribution in [2.24, 2.45) is 0 Å². The van der Waals surface area contributed by atoms with Gasteiger partial charge in [0, 0.05) is 18.8 Å². The van der Waals surface area contributed by atoms with Gasteiger partial charge in [0.25, 0.3) is 0 Å². The predicted molar refractivity (Wildman–Crippen MR) is 78.3 cm³/mol. The topological polar surface area (TPSA) is 61.4 Å². The van der Waals surface area contributed by atoms with E-state index in [4.69, 9.17) is 0 Å². The summed E-state index contributed by atoms with van der Waals surface area (Å²) < 4.78 is 12.7. The smallest absolute Gasteiger partial charge is 0.238 e. The van der Waals surface area contributed by atoms with Crippen LogP contribution >= 0.6 is 0 Å². The van der Waals surface area contributed by atoms with Crippen LogP contribution in [-0.2, 0) is 9.59 Å². The summed E-state index contributed by atoms with van der Waals surface area (Å²) in [6, 6.07) is 5.55. The molecule has 0 aliphatic carbocycles. The first-order chi connectivity index (χ1) is 10.1. The highest BCUT2D eigenvalue weighted by Crippen LogP contribution is 2.08. The number of halogens is 1. The van der Waals surface area contributed by atoms with Crippen LogP contribution in [0.15, 0.2) is 24.3 Å². The first kappa shape index (κ1) is 15.4. The second kappa shape index (κ2) is 7.73. The van der Waals surface area contributed by atoms with Gasteiger partial charge in [-0.25, -0.2) is 4.39 Å². The van der Waals surface area contributed by atoms with Gasteiger partial charge in [-0.2, -0.15) is 0 Å². The maximum absolute atomic E-state index is 12.7. The van der Waals surface area contributed by atoms with Crippen LogP contribution in [0.25, 0.3) is 0 Å². The SMILES string of the molecule is O=C(CNCC(=O)N1CCCCC1)Nc1ccc(F)cc1. The van der Waals surface area contributed by atoms with E-state index in [0.29, 0.717) is 5.69 Å². The number of benzene rings is 1. The standard InChI is InChI=1S/C15H20FN3O2/c16-12-4-6-13(7-5-12)18-14(20)10-17-11-15(21)19-8-2-1-3-9-19/h4-7,17H,1-3,8-11H2,(H,18,20). The molecule has 1 aliphatic rings. The molecule has 6 heteroatoms. The summed E-state index contributed by atoms with van der Waals surface area (Å²) >= 11 is 0. The second-order valence-electron chi connectivity index (χ2n) is 5.10. The van der Waals surface area contributed by atoms with E-state index in [0.717, 1.165) is 25.9 Å². The fourth-order valence-electron chi connectivity index (χ4n) is 2.28. The normalized spacial score (nSPS) is 14.8. The number of carbonyl (C=O) groups is 2. The minimum Gasteiger partial charge on any atom is -0.342 e. The van der Waals surface area contributed by atoms with Gasteiger partial charge in [-0.15, -0.1) is 0 Å². The number of anilines is 1. The van der Waals surface area contributed by atoms with Gasteiger partial charge in [-0.1, -0.05) is 0 Å². The zero-order valence-electron chi connectivity index (χ0n) is 11.9. The molecule has 0 radical (unpaired) electrons. The van der Waals surface area contributed by atoms with Crippen molar-refractivity contribution >= 4 is 17.5 Å². The minimum absolute atomic E-state index is 0.0317. The predicted octanol–water partition coefficient (Wildman–Crippen LogP) is 1.37. The van der Waals surface area contributed by atoms with Gasteiger partial charge in [0.05, 0.1) is 13.1 Å². The Labute approximate surface area is 123 Å². The molecule has 2 amide bonds. The maximum atomic E-state index is 12.7. The Morgan fingerprint density at radius 2 is 1.71 bits per heavy atom. The average molecular weight is 293 g/mol. The van der Waals surface area contributed by atoms with Crippen LogP contribution in [0.1, 0.15) is 19.3 Å². The summed E-state index contributed by atoms with van der Waals surface area (Å²) in [5.74, 6) is -0.574. The molecule has 0 spiro atoms. The lowest BCUT2D eigenvalue weighted by Crippen LogP contribution is -2.42. The van der Waals surface area contributed by atoms with Crippen molar-refractivity contribution in [1.82, 2.24) is 10.2 Å². The van der Waals surface area contributed by atoms with Crippen LogP contribution in [0.4, 0.5) is 10.1 Å². The van der Waals surface area contributed by atoms with Crippen molar-refractivity contribution in [3.63, 3.8) is 0 Å². The largest absolute Gasteiger partial charge is 0.342 e. The average Bonchev–Trinajstić information content (AvgIpc) is 2.50. The first-order valence-electron chi connectivity index (χ1n) is 7.19. The van der Waals surface area contributed by atoms with Crippen LogP contribution in [-0.4, -0.2) is 42.9 Å². The van der Waals surface area contributed by atoms with Crippen LogP contribution in [0.3, 0.4) is 0 Å². The molecule has 1 heterocycles. The Hall–Kier alpha value is -1.95. The van der Waals surface area contributed by atoms with E-state index in [2.05, 4.69) is 10.6 Å². The number of hydrogen-bond acceptors (Lipinski definition) is 3. The molecule has 1 aromatic carbocycles. The molecule has 0 bridgehead atoms. The lowest BCUT2D eigenvalue weighted by Gasteiger charge is -2.26. The third-order valence-corrected chi connectivity index (χ3v) is 3.40. The lowest BCUT2D eigenvalue weighted by molar-refractivity contribution is -0.131. The fourth-order valence-corrected chi connectivity index (χ4v) is 2.28. The number of hydrogen-bond donors (Lipinski definition) is 2. The van der Waals surface area contributed by atoms with Crippen molar-refractivity contribution in [1.29, 1.82) is 0 Å². The van der Waals surface area contributed by atoms with Gasteiger partial charge in [0.15, 0.2) is 0 Å². The molecule has 1 aliphatic heterocycles. The first-order valence-corrected chi connectivity index (χ1v) is 7.19. The van der Waals surface area contributed by atoms with Gasteiger partial charge in [0.2, 0.25) is 11.8 Å². The van der Waals surface area contributed by atoms with Crippen LogP contribution < -0.4 is 10.6 Å². The van der Waals surface area contributed by atoms with Crippen molar-refractivity contribution in [2.45, 2.75) is 19.3 Å². The van der Waals surface area contributed by atoms with Gasteiger partial charge < -0.3 is 10.2 Å². The summed E-state index contributed by atoms with van der Waals surface area (Å²) in [5, 5.41) is 5.47. The molecule has 114 valence electrons. The molecule has 1 saturated heterocycles. The molecule has 21 heavy (non-hydrogen) atoms. The molecule has 1 fully saturated rings. The van der Waals surface area contributed by atoms with Gasteiger partial charge in [0.1, 0.15) is 5.82 Å². The van der Waals surface area contributed by atoms with E-state index in [1.54, 1.807) is 0 Å². The Kier molecular flexibility index (Phi) is 5.68. The number of carbonyl (C=O) groups excluding carboxylic acids is 2. The van der Waals surface area contributed by atoms with E-state index < -0.39 is 0 Å². The Morgan fingerprint density at radius 1 is 1.05 bits per heavy atom. The summed E-state index contributed by atoms with van der Waals surface area (Å²) in [6.07, 6.45) is 3.28. The molecule has 2 rings (SSSR count). The monoisotopic (exact) mass is 293 g/mol. The quantitative estimate of drug-likeness (QED) is 0.862. The van der Waals surface area contributed by atoms with Gasteiger partial charge in [-0.05, 0) is 43.5 Å². The number of piperidine rings is 1. The third-order valence-electron chi connectivity index (χ3n) is 3.40. The van der Waals surface area contributed by atoms with Gasteiger partial charge in [-0.3, -0.25) is 14.9 Å². The fraction of sp³-hybridized carbons (Fsp3) is 0.467. The molecule has 0 unspecified atom stereocenters. The summed E-state index contributed by atoms with van der Waals surface area (Å²) in [7, 11) is 0. The highest BCUT2D eigenvalue weighted by atomic mass is 19.1. The molecular weight excluding hydrogens is 273 g/mol. The molecule has 1 aromatic rings. The van der Waals surface area contributed by atoms with E-state index in [1.807, 2.05) is 4.90 Å². The number of nitrogens with zero attached hydrogens (tertiary/aromatic N) is 1. The van der Waals surface area contributed by atoms with Gasteiger partial charge >= 0.3 is 0 Å². The third kappa shape index (κ3) is 5.15. The van der Waals surface area contributed by atoms with Crippen LogP contribution in [0.2, 0.25) is 0 Å². The summed E-state index contributed by atoms with van der Waals surface area (Å²) in [5.41, 5.74) is 0.533. The molecule has 0 atom stereocenters. The summed E-state index contributed by atoms with van der Waals surface area (Å²) in [4.78, 5) is 25.4. The van der Waals surface area contributed by atoms with Crippen LogP contribution in [0.5, 0.6) is 0 Å². The van der Waals surface area contributed by atoms with Crippen molar-refractivity contribution in [3.05, 3.63) is 30.1 Å². The van der Waals surface area contributed by atoms with E-state index in [1.165, 1.54) is 30.7 Å². The molecular formula is C15H20FN3O2.